The Balaban J connectivity index is 0.000000217. The van der Waals surface area contributed by atoms with Crippen molar-refractivity contribution >= 4 is 8.60 Å². The van der Waals surface area contributed by atoms with E-state index in [1.807, 2.05) is 19.1 Å². The summed E-state index contributed by atoms with van der Waals surface area (Å²) in [6.45, 7) is 4.26. The van der Waals surface area contributed by atoms with Gasteiger partial charge in [0.15, 0.2) is 0 Å². The lowest BCUT2D eigenvalue weighted by atomic mass is 9.82. The Hall–Kier alpha value is -0.630. The molecule has 0 aliphatic heterocycles. The van der Waals surface area contributed by atoms with Crippen molar-refractivity contribution in [1.29, 1.82) is 0 Å². The van der Waals surface area contributed by atoms with Crippen LogP contribution in [-0.2, 0) is 6.42 Å². The number of hydrogen-bond acceptors (Lipinski definition) is 3. The summed E-state index contributed by atoms with van der Waals surface area (Å²) in [5.41, 5.74) is 0.980. The minimum atomic E-state index is -2.30. The molecule has 0 aromatic heterocycles. The lowest BCUT2D eigenvalue weighted by Gasteiger charge is -2.24. The molecule has 0 radical (unpaired) electrons. The van der Waals surface area contributed by atoms with Crippen LogP contribution >= 0.6 is 8.60 Å². The highest BCUT2D eigenvalue weighted by Gasteiger charge is 2.15. The summed E-state index contributed by atoms with van der Waals surface area (Å²) in [5.74, 6) is 1.69. The predicted molar refractivity (Wildman–Crippen MR) is 84.7 cm³/mol. The molecular formula is C16H27O3P. The highest BCUT2D eigenvalue weighted by Crippen LogP contribution is 2.31. The Morgan fingerprint density at radius 3 is 2.40 bits per heavy atom. The van der Waals surface area contributed by atoms with Gasteiger partial charge in [-0.2, -0.15) is 0 Å². The highest BCUT2D eigenvalue weighted by molar-refractivity contribution is 7.39. The molecule has 1 aromatic rings. The zero-order chi connectivity index (χ0) is 14.8. The molecule has 1 aliphatic carbocycles. The minimum Gasteiger partial charge on any atom is -0.427 e. The lowest BCUT2D eigenvalue weighted by Crippen LogP contribution is -2.09. The molecule has 1 aliphatic rings. The van der Waals surface area contributed by atoms with Crippen LogP contribution in [0.25, 0.3) is 0 Å². The van der Waals surface area contributed by atoms with E-state index in [4.69, 9.17) is 14.3 Å². The number of aryl methyl sites for hydroxylation is 1. The molecule has 1 fully saturated rings. The third-order valence-corrected chi connectivity index (χ3v) is 4.08. The van der Waals surface area contributed by atoms with Crippen molar-refractivity contribution < 1.29 is 14.3 Å². The molecule has 1 aromatic carbocycles. The maximum Gasteiger partial charge on any atom is 0.391 e. The molecule has 114 valence electrons. The van der Waals surface area contributed by atoms with Crippen molar-refractivity contribution in [3.05, 3.63) is 29.8 Å². The fourth-order valence-electron chi connectivity index (χ4n) is 2.25. The first-order valence-corrected chi connectivity index (χ1v) is 8.77. The van der Waals surface area contributed by atoms with Crippen LogP contribution in [0.3, 0.4) is 0 Å². The van der Waals surface area contributed by atoms with E-state index in [0.29, 0.717) is 5.75 Å². The maximum absolute atomic E-state index is 8.62. The zero-order valence-electron chi connectivity index (χ0n) is 12.6. The van der Waals surface area contributed by atoms with E-state index >= 15 is 0 Å². The number of unbranched alkanes of at least 4 members (excludes halogenated alkanes) is 1. The molecule has 0 bridgehead atoms. The van der Waals surface area contributed by atoms with Crippen LogP contribution in [0.15, 0.2) is 24.3 Å². The summed E-state index contributed by atoms with van der Waals surface area (Å²) in [6.07, 6.45) is 9.74. The quantitative estimate of drug-likeness (QED) is 0.740. The van der Waals surface area contributed by atoms with Gasteiger partial charge in [0.25, 0.3) is 0 Å². The third-order valence-electron chi connectivity index (χ3n) is 3.72. The molecule has 0 saturated heterocycles. The first kappa shape index (κ1) is 17.4. The Morgan fingerprint density at radius 2 is 1.90 bits per heavy atom. The van der Waals surface area contributed by atoms with Gasteiger partial charge in [-0.25, -0.2) is 0 Å². The predicted octanol–water partition coefficient (Wildman–Crippen LogP) is 4.82. The molecule has 0 amide bonds. The summed E-state index contributed by atoms with van der Waals surface area (Å²) < 4.78 is 4.81. The number of benzene rings is 1. The van der Waals surface area contributed by atoms with Gasteiger partial charge in [0.1, 0.15) is 5.75 Å². The van der Waals surface area contributed by atoms with E-state index in [2.05, 4.69) is 6.92 Å². The van der Waals surface area contributed by atoms with Gasteiger partial charge in [-0.15, -0.1) is 0 Å². The van der Waals surface area contributed by atoms with E-state index in [-0.39, 0.29) is 0 Å². The number of rotatable bonds is 6. The summed E-state index contributed by atoms with van der Waals surface area (Å²) in [5, 5.41) is 0. The van der Waals surface area contributed by atoms with Crippen LogP contribution in [0, 0.1) is 5.92 Å². The standard InChI is InChI=1S/C8H11O3P.C8H16/c1-2-7-5-3-4-6-8(7)11-12(9)10;1-2-3-5-8-6-4-7-8/h3-6,9-10H,2H2,1H3;8H,2-7H2,1H3. The summed E-state index contributed by atoms with van der Waals surface area (Å²) >= 11 is 0. The van der Waals surface area contributed by atoms with Crippen molar-refractivity contribution in [1.82, 2.24) is 0 Å². The van der Waals surface area contributed by atoms with Gasteiger partial charge in [-0.3, -0.25) is 0 Å². The highest BCUT2D eigenvalue weighted by atomic mass is 31.2. The molecule has 3 nitrogen and oxygen atoms in total. The fourth-order valence-corrected chi connectivity index (χ4v) is 2.60. The Kier molecular flexibility index (Phi) is 8.84. The smallest absolute Gasteiger partial charge is 0.391 e. The second-order valence-electron chi connectivity index (χ2n) is 5.24. The average Bonchev–Trinajstić information content (AvgIpc) is 2.38. The van der Waals surface area contributed by atoms with E-state index < -0.39 is 8.60 Å². The topological polar surface area (TPSA) is 49.7 Å². The molecule has 0 atom stereocenters. The van der Waals surface area contributed by atoms with Gasteiger partial charge < -0.3 is 14.3 Å². The summed E-state index contributed by atoms with van der Waals surface area (Å²) in [6, 6.07) is 7.31. The average molecular weight is 298 g/mol. The Bertz CT molecular complexity index is 364. The van der Waals surface area contributed by atoms with E-state index in [9.17, 15) is 0 Å². The van der Waals surface area contributed by atoms with Gasteiger partial charge >= 0.3 is 8.60 Å². The monoisotopic (exact) mass is 298 g/mol. The third kappa shape index (κ3) is 6.69. The molecule has 20 heavy (non-hydrogen) atoms. The van der Waals surface area contributed by atoms with Crippen molar-refractivity contribution in [2.24, 2.45) is 5.92 Å². The van der Waals surface area contributed by atoms with Crippen molar-refractivity contribution in [2.75, 3.05) is 0 Å². The van der Waals surface area contributed by atoms with Crippen LogP contribution in [0.4, 0.5) is 0 Å². The van der Waals surface area contributed by atoms with Gasteiger partial charge in [0.05, 0.1) is 0 Å². The first-order valence-electron chi connectivity index (χ1n) is 7.61. The van der Waals surface area contributed by atoms with Crippen LogP contribution in [-0.4, -0.2) is 9.79 Å². The van der Waals surface area contributed by atoms with Crippen LogP contribution in [0.1, 0.15) is 57.9 Å². The number of para-hydroxylation sites is 1. The second-order valence-corrected chi connectivity index (χ2v) is 5.93. The van der Waals surface area contributed by atoms with Crippen LogP contribution < -0.4 is 4.52 Å². The van der Waals surface area contributed by atoms with Crippen LogP contribution in [0.5, 0.6) is 5.75 Å². The van der Waals surface area contributed by atoms with E-state index in [1.54, 1.807) is 12.1 Å². The molecule has 0 unspecified atom stereocenters. The van der Waals surface area contributed by atoms with Gasteiger partial charge in [0.2, 0.25) is 0 Å². The van der Waals surface area contributed by atoms with Gasteiger partial charge in [0, 0.05) is 0 Å². The molecule has 0 heterocycles. The maximum atomic E-state index is 8.62. The fraction of sp³-hybridized carbons (Fsp3) is 0.625. The van der Waals surface area contributed by atoms with Gasteiger partial charge in [-0.1, -0.05) is 70.6 Å². The SMILES string of the molecule is CCCCC1CCC1.CCc1ccccc1OP(O)O. The largest absolute Gasteiger partial charge is 0.427 e. The summed E-state index contributed by atoms with van der Waals surface area (Å²) in [7, 11) is -2.30. The first-order chi connectivity index (χ1) is 9.67. The van der Waals surface area contributed by atoms with Gasteiger partial charge in [-0.05, 0) is 24.0 Å². The Labute approximate surface area is 124 Å². The molecule has 2 N–H and O–H groups in total. The van der Waals surface area contributed by atoms with Crippen molar-refractivity contribution in [2.45, 2.75) is 58.8 Å². The zero-order valence-corrected chi connectivity index (χ0v) is 13.5. The molecular weight excluding hydrogens is 271 g/mol. The van der Waals surface area contributed by atoms with Crippen molar-refractivity contribution in [3.63, 3.8) is 0 Å². The minimum absolute atomic E-state index is 0.552. The normalized spacial score (nSPS) is 14.4. The number of hydrogen-bond donors (Lipinski definition) is 2. The second kappa shape index (κ2) is 10.1. The molecule has 2 rings (SSSR count). The Morgan fingerprint density at radius 1 is 1.20 bits per heavy atom. The molecule has 4 heteroatoms. The molecule has 1 saturated carbocycles. The van der Waals surface area contributed by atoms with E-state index in [0.717, 1.165) is 17.9 Å². The molecule has 0 spiro atoms. The lowest BCUT2D eigenvalue weighted by molar-refractivity contribution is 0.289. The van der Waals surface area contributed by atoms with Crippen molar-refractivity contribution in [3.8, 4) is 5.75 Å². The summed E-state index contributed by atoms with van der Waals surface area (Å²) in [4.78, 5) is 17.2. The van der Waals surface area contributed by atoms with E-state index in [1.165, 1.54) is 38.5 Å². The van der Waals surface area contributed by atoms with Crippen LogP contribution in [0.2, 0.25) is 0 Å².